The average Bonchev–Trinajstić information content (AvgIpc) is 2.58. The van der Waals surface area contributed by atoms with Crippen LogP contribution in [0.25, 0.3) is 0 Å². The molecule has 5 nitrogen and oxygen atoms in total. The van der Waals surface area contributed by atoms with Gasteiger partial charge in [-0.1, -0.05) is 6.07 Å². The first-order chi connectivity index (χ1) is 11.6. The number of carboxylic acids is 1. The third-order valence-electron chi connectivity index (χ3n) is 4.92. The molecule has 1 aromatic carbocycles. The summed E-state index contributed by atoms with van der Waals surface area (Å²) < 4.78 is 32.5. The van der Waals surface area contributed by atoms with E-state index in [0.29, 0.717) is 19.1 Å². The number of likely N-dealkylation sites (tertiary alicyclic amines) is 1. The topological polar surface area (TPSA) is 53.0 Å². The van der Waals surface area contributed by atoms with Gasteiger partial charge in [-0.25, -0.2) is 8.78 Å². The van der Waals surface area contributed by atoms with Crippen molar-refractivity contribution in [3.8, 4) is 0 Å². The minimum Gasteiger partial charge on any atom is -0.480 e. The molecule has 0 radical (unpaired) electrons. The van der Waals surface area contributed by atoms with Crippen LogP contribution in [-0.2, 0) is 9.53 Å². The Morgan fingerprint density at radius 3 is 2.42 bits per heavy atom. The van der Waals surface area contributed by atoms with Gasteiger partial charge in [0.05, 0.1) is 13.2 Å². The van der Waals surface area contributed by atoms with Crippen LogP contribution >= 0.6 is 0 Å². The summed E-state index contributed by atoms with van der Waals surface area (Å²) >= 11 is 0. The van der Waals surface area contributed by atoms with Gasteiger partial charge in [0.25, 0.3) is 0 Å². The van der Waals surface area contributed by atoms with Gasteiger partial charge in [-0.15, -0.1) is 0 Å². The molecule has 2 heterocycles. The Bertz CT molecular complexity index is 585. The standard InChI is InChI=1S/C17H22F2N2O3/c18-12-1-2-14(15(19)11-12)16(17(22)23)21-5-3-13(4-6-21)20-7-9-24-10-8-20/h1-2,11,13,16H,3-10H2,(H,22,23). The van der Waals surface area contributed by atoms with Crippen molar-refractivity contribution in [3.63, 3.8) is 0 Å². The van der Waals surface area contributed by atoms with Crippen LogP contribution in [0.2, 0.25) is 0 Å². The Hall–Kier alpha value is -1.57. The molecule has 0 spiro atoms. The lowest BCUT2D eigenvalue weighted by atomic mass is 9.97. The van der Waals surface area contributed by atoms with E-state index < -0.39 is 23.6 Å². The van der Waals surface area contributed by atoms with Crippen LogP contribution in [0.15, 0.2) is 18.2 Å². The monoisotopic (exact) mass is 340 g/mol. The number of hydrogen-bond acceptors (Lipinski definition) is 4. The van der Waals surface area contributed by atoms with Gasteiger partial charge < -0.3 is 9.84 Å². The van der Waals surface area contributed by atoms with E-state index in [-0.39, 0.29) is 5.56 Å². The second-order valence-electron chi connectivity index (χ2n) is 6.32. The van der Waals surface area contributed by atoms with E-state index in [1.165, 1.54) is 6.07 Å². The maximum atomic E-state index is 14.0. The second-order valence-corrected chi connectivity index (χ2v) is 6.32. The zero-order valence-electron chi connectivity index (χ0n) is 13.5. The minimum absolute atomic E-state index is 0.0220. The summed E-state index contributed by atoms with van der Waals surface area (Å²) in [7, 11) is 0. The fourth-order valence-electron chi connectivity index (χ4n) is 3.66. The number of ether oxygens (including phenoxy) is 1. The number of carboxylic acid groups (broad SMARTS) is 1. The number of carbonyl (C=O) groups is 1. The molecule has 2 fully saturated rings. The largest absolute Gasteiger partial charge is 0.480 e. The minimum atomic E-state index is -1.11. The Morgan fingerprint density at radius 2 is 1.83 bits per heavy atom. The second kappa shape index (κ2) is 7.55. The summed E-state index contributed by atoms with van der Waals surface area (Å²) in [4.78, 5) is 15.8. The lowest BCUT2D eigenvalue weighted by Crippen LogP contribution is -2.50. The SMILES string of the molecule is O=C(O)C(c1ccc(F)cc1F)N1CCC(N2CCOCC2)CC1. The quantitative estimate of drug-likeness (QED) is 0.907. The Labute approximate surface area is 139 Å². The predicted molar refractivity (Wildman–Crippen MR) is 83.7 cm³/mol. The van der Waals surface area contributed by atoms with Gasteiger partial charge in [0, 0.05) is 43.9 Å². The highest BCUT2D eigenvalue weighted by atomic mass is 19.1. The molecule has 1 aromatic rings. The molecule has 7 heteroatoms. The lowest BCUT2D eigenvalue weighted by molar-refractivity contribution is -0.144. The van der Waals surface area contributed by atoms with Gasteiger partial charge in [-0.2, -0.15) is 0 Å². The summed E-state index contributed by atoms with van der Waals surface area (Å²) in [6.45, 7) is 4.43. The Balaban J connectivity index is 1.68. The number of hydrogen-bond donors (Lipinski definition) is 1. The molecule has 0 aromatic heterocycles. The maximum absolute atomic E-state index is 14.0. The van der Waals surface area contributed by atoms with Crippen molar-refractivity contribution in [1.29, 1.82) is 0 Å². The first kappa shape index (κ1) is 17.3. The van der Waals surface area contributed by atoms with E-state index in [4.69, 9.17) is 4.74 Å². The zero-order valence-corrected chi connectivity index (χ0v) is 13.5. The smallest absolute Gasteiger partial charge is 0.325 e. The fraction of sp³-hybridized carbons (Fsp3) is 0.588. The van der Waals surface area contributed by atoms with Crippen LogP contribution in [0.1, 0.15) is 24.4 Å². The molecule has 0 aliphatic carbocycles. The first-order valence-corrected chi connectivity index (χ1v) is 8.30. The van der Waals surface area contributed by atoms with Crippen molar-refractivity contribution < 1.29 is 23.4 Å². The number of aliphatic carboxylic acids is 1. The van der Waals surface area contributed by atoms with Gasteiger partial charge in [0.2, 0.25) is 0 Å². The number of morpholine rings is 1. The number of piperidine rings is 1. The van der Waals surface area contributed by atoms with Gasteiger partial charge in [0.1, 0.15) is 17.7 Å². The molecule has 0 amide bonds. The van der Waals surface area contributed by atoms with E-state index in [0.717, 1.165) is 51.3 Å². The summed E-state index contributed by atoms with van der Waals surface area (Å²) in [5.41, 5.74) is 0.0220. The fourth-order valence-corrected chi connectivity index (χ4v) is 3.66. The van der Waals surface area contributed by atoms with Crippen LogP contribution in [-0.4, -0.2) is 66.3 Å². The van der Waals surface area contributed by atoms with Crippen LogP contribution in [0, 0.1) is 11.6 Å². The number of benzene rings is 1. The molecular formula is C17H22F2N2O3. The number of nitrogens with zero attached hydrogens (tertiary/aromatic N) is 2. The number of rotatable bonds is 4. The van der Waals surface area contributed by atoms with Crippen LogP contribution < -0.4 is 0 Å². The Morgan fingerprint density at radius 1 is 1.17 bits per heavy atom. The van der Waals surface area contributed by atoms with Gasteiger partial charge >= 0.3 is 5.97 Å². The third-order valence-corrected chi connectivity index (χ3v) is 4.92. The summed E-state index contributed by atoms with van der Waals surface area (Å²) in [5.74, 6) is -2.62. The number of halogens is 2. The van der Waals surface area contributed by atoms with Crippen molar-refractivity contribution in [2.45, 2.75) is 24.9 Å². The normalized spacial score (nSPS) is 22.4. The van der Waals surface area contributed by atoms with E-state index >= 15 is 0 Å². The third kappa shape index (κ3) is 3.74. The molecule has 1 atom stereocenters. The molecule has 0 saturated carbocycles. The molecule has 132 valence electrons. The highest BCUT2D eigenvalue weighted by Crippen LogP contribution is 2.29. The van der Waals surface area contributed by atoms with E-state index in [9.17, 15) is 18.7 Å². The predicted octanol–water partition coefficient (Wildman–Crippen LogP) is 1.89. The van der Waals surface area contributed by atoms with Crippen molar-refractivity contribution in [2.24, 2.45) is 0 Å². The summed E-state index contributed by atoms with van der Waals surface area (Å²) in [6, 6.07) is 2.42. The van der Waals surface area contributed by atoms with Gasteiger partial charge in [0.15, 0.2) is 0 Å². The zero-order chi connectivity index (χ0) is 17.1. The lowest BCUT2D eigenvalue weighted by Gasteiger charge is -2.41. The van der Waals surface area contributed by atoms with Gasteiger partial charge in [-0.3, -0.25) is 14.6 Å². The summed E-state index contributed by atoms with van der Waals surface area (Å²) in [6.07, 6.45) is 1.68. The van der Waals surface area contributed by atoms with Crippen molar-refractivity contribution >= 4 is 5.97 Å². The molecule has 0 bridgehead atoms. The molecule has 3 rings (SSSR count). The Kier molecular flexibility index (Phi) is 5.43. The average molecular weight is 340 g/mol. The van der Waals surface area contributed by atoms with Crippen LogP contribution in [0.5, 0.6) is 0 Å². The van der Waals surface area contributed by atoms with E-state index in [1.807, 2.05) is 0 Å². The molecule has 1 N–H and O–H groups in total. The molecule has 2 aliphatic rings. The molecule has 2 aliphatic heterocycles. The highest BCUT2D eigenvalue weighted by Gasteiger charge is 2.34. The van der Waals surface area contributed by atoms with Crippen molar-refractivity contribution in [2.75, 3.05) is 39.4 Å². The van der Waals surface area contributed by atoms with Gasteiger partial charge in [-0.05, 0) is 18.9 Å². The first-order valence-electron chi connectivity index (χ1n) is 8.30. The highest BCUT2D eigenvalue weighted by molar-refractivity contribution is 5.75. The van der Waals surface area contributed by atoms with E-state index in [1.54, 1.807) is 4.90 Å². The maximum Gasteiger partial charge on any atom is 0.325 e. The molecule has 24 heavy (non-hydrogen) atoms. The molecule has 1 unspecified atom stereocenters. The van der Waals surface area contributed by atoms with Crippen molar-refractivity contribution in [1.82, 2.24) is 9.80 Å². The van der Waals surface area contributed by atoms with Crippen LogP contribution in [0.3, 0.4) is 0 Å². The van der Waals surface area contributed by atoms with Crippen molar-refractivity contribution in [3.05, 3.63) is 35.4 Å². The molecular weight excluding hydrogens is 318 g/mol. The summed E-state index contributed by atoms with van der Waals surface area (Å²) in [5, 5.41) is 9.56. The molecule has 2 saturated heterocycles. The van der Waals surface area contributed by atoms with E-state index in [2.05, 4.69) is 4.90 Å². The van der Waals surface area contributed by atoms with Crippen LogP contribution in [0.4, 0.5) is 8.78 Å².